The first kappa shape index (κ1) is 25.4. The van der Waals surface area contributed by atoms with Gasteiger partial charge in [-0.25, -0.2) is 4.98 Å². The van der Waals surface area contributed by atoms with E-state index in [1.165, 1.54) is 11.3 Å². The van der Waals surface area contributed by atoms with Crippen LogP contribution in [-0.2, 0) is 4.79 Å². The van der Waals surface area contributed by atoms with Crippen molar-refractivity contribution in [1.82, 2.24) is 20.1 Å². The number of likely N-dealkylation sites (N-methyl/N-ethyl adjacent to an activating group) is 1. The molecule has 1 saturated heterocycles. The molecule has 0 spiro atoms. The van der Waals surface area contributed by atoms with Gasteiger partial charge in [-0.3, -0.25) is 14.9 Å². The molecule has 1 fully saturated rings. The minimum Gasteiger partial charge on any atom is -0.480 e. The first-order valence-electron chi connectivity index (χ1n) is 12.2. The summed E-state index contributed by atoms with van der Waals surface area (Å²) in [7, 11) is 1.74. The maximum absolute atomic E-state index is 13.0. The van der Waals surface area contributed by atoms with Crippen LogP contribution in [0.1, 0.15) is 48.1 Å². The van der Waals surface area contributed by atoms with Crippen LogP contribution in [-0.4, -0.2) is 51.6 Å². The maximum atomic E-state index is 13.0. The molecule has 0 radical (unpaired) electrons. The molecule has 2 aromatic heterocycles. The van der Waals surface area contributed by atoms with E-state index in [-0.39, 0.29) is 17.7 Å². The second kappa shape index (κ2) is 10.6. The third-order valence-corrected chi connectivity index (χ3v) is 6.79. The average molecular weight is 534 g/mol. The minimum absolute atomic E-state index is 0.0992. The summed E-state index contributed by atoms with van der Waals surface area (Å²) in [6.07, 6.45) is -0.0482. The van der Waals surface area contributed by atoms with Crippen molar-refractivity contribution in [2.45, 2.75) is 39.2 Å². The number of hydrogen-bond donors (Lipinski definition) is 1. The lowest BCUT2D eigenvalue weighted by Crippen LogP contribution is -2.29. The van der Waals surface area contributed by atoms with Gasteiger partial charge in [-0.2, -0.15) is 0 Å². The van der Waals surface area contributed by atoms with Crippen molar-refractivity contribution < 1.29 is 23.5 Å². The Labute approximate surface area is 223 Å². The zero-order chi connectivity index (χ0) is 26.8. The van der Waals surface area contributed by atoms with Gasteiger partial charge in [0, 0.05) is 48.5 Å². The summed E-state index contributed by atoms with van der Waals surface area (Å²) in [5, 5.41) is 13.3. The number of rotatable bonds is 8. The molecule has 0 bridgehead atoms. The van der Waals surface area contributed by atoms with E-state index in [2.05, 4.69) is 20.5 Å². The molecule has 1 aliphatic heterocycles. The van der Waals surface area contributed by atoms with Crippen molar-refractivity contribution in [1.29, 1.82) is 0 Å². The zero-order valence-electron chi connectivity index (χ0n) is 21.4. The van der Waals surface area contributed by atoms with Gasteiger partial charge in [0.05, 0.1) is 5.69 Å². The lowest BCUT2D eigenvalue weighted by Gasteiger charge is -2.15. The van der Waals surface area contributed by atoms with Gasteiger partial charge in [-0.05, 0) is 43.3 Å². The first-order valence-corrected chi connectivity index (χ1v) is 13.0. The predicted octanol–water partition coefficient (Wildman–Crippen LogP) is 5.28. The number of likely N-dealkylation sites (tertiary alicyclic amines) is 1. The number of aryl methyl sites for hydroxylation is 1. The number of thiazole rings is 1. The summed E-state index contributed by atoms with van der Waals surface area (Å²) in [5.41, 5.74) is 1.89. The highest BCUT2D eigenvalue weighted by Gasteiger charge is 2.31. The van der Waals surface area contributed by atoms with Crippen LogP contribution in [0.4, 0.5) is 5.13 Å². The fourth-order valence-electron chi connectivity index (χ4n) is 3.86. The summed E-state index contributed by atoms with van der Waals surface area (Å²) < 4.78 is 17.8. The van der Waals surface area contributed by atoms with Crippen molar-refractivity contribution in [2.24, 2.45) is 0 Å². The highest BCUT2D eigenvalue weighted by Crippen LogP contribution is 2.31. The van der Waals surface area contributed by atoms with Gasteiger partial charge >= 0.3 is 0 Å². The Balaban J connectivity index is 1.38. The smallest absolute Gasteiger partial charge is 0.263 e. The van der Waals surface area contributed by atoms with Gasteiger partial charge in [0.25, 0.3) is 11.8 Å². The average Bonchev–Trinajstić information content (AvgIpc) is 3.62. The number of anilines is 1. The van der Waals surface area contributed by atoms with Gasteiger partial charge in [0.1, 0.15) is 17.2 Å². The third kappa shape index (κ3) is 5.67. The van der Waals surface area contributed by atoms with Gasteiger partial charge in [-0.15, -0.1) is 21.5 Å². The molecule has 0 saturated carbocycles. The van der Waals surface area contributed by atoms with E-state index in [0.29, 0.717) is 52.7 Å². The molecule has 11 heteroatoms. The summed E-state index contributed by atoms with van der Waals surface area (Å²) in [5.74, 6) is 1.96. The van der Waals surface area contributed by atoms with E-state index in [9.17, 15) is 9.59 Å². The highest BCUT2D eigenvalue weighted by molar-refractivity contribution is 7.13. The molecule has 1 atom stereocenters. The molecule has 196 valence electrons. The maximum Gasteiger partial charge on any atom is 0.263 e. The Bertz CT molecular complexity index is 1460. The molecule has 4 aromatic rings. The lowest BCUT2D eigenvalue weighted by atomic mass is 10.1. The van der Waals surface area contributed by atoms with E-state index in [1.54, 1.807) is 42.3 Å². The van der Waals surface area contributed by atoms with Crippen molar-refractivity contribution in [2.75, 3.05) is 18.9 Å². The number of amides is 2. The fraction of sp³-hybridized carbons (Fsp3) is 0.296. The van der Waals surface area contributed by atoms with Gasteiger partial charge in [-0.1, -0.05) is 13.8 Å². The summed E-state index contributed by atoms with van der Waals surface area (Å²) in [4.78, 5) is 31.3. The number of carbonyl (C=O) groups excluding carboxylic acids is 2. The van der Waals surface area contributed by atoms with Crippen LogP contribution in [0.5, 0.6) is 17.2 Å². The van der Waals surface area contributed by atoms with Crippen LogP contribution in [0.2, 0.25) is 0 Å². The molecule has 10 nitrogen and oxygen atoms in total. The van der Waals surface area contributed by atoms with Crippen molar-refractivity contribution in [3.63, 3.8) is 0 Å². The zero-order valence-corrected chi connectivity index (χ0v) is 22.2. The number of nitrogens with zero attached hydrogens (tertiary/aromatic N) is 4. The topological polar surface area (TPSA) is 120 Å². The third-order valence-electron chi connectivity index (χ3n) is 5.91. The van der Waals surface area contributed by atoms with E-state index < -0.39 is 6.10 Å². The van der Waals surface area contributed by atoms with Crippen molar-refractivity contribution in [3.05, 3.63) is 65.0 Å². The molecule has 0 aliphatic carbocycles. The Morgan fingerprint density at radius 1 is 1.13 bits per heavy atom. The first-order chi connectivity index (χ1) is 18.2. The number of hydrogen-bond acceptors (Lipinski definition) is 9. The monoisotopic (exact) mass is 533 g/mol. The Morgan fingerprint density at radius 3 is 2.53 bits per heavy atom. The molecule has 2 aromatic carbocycles. The SMILES string of the molecule is Cc1csc(NC(=O)c2cc(Oc3ccc(-c4nnc(C(C)C)o4)cc3)cc(O[C@@H]3CCN(C)C3=O)c2)n1. The number of carbonyl (C=O) groups is 2. The van der Waals surface area contributed by atoms with Crippen LogP contribution < -0.4 is 14.8 Å². The molecule has 0 unspecified atom stereocenters. The minimum atomic E-state index is -0.614. The van der Waals surface area contributed by atoms with E-state index in [1.807, 2.05) is 38.3 Å². The largest absolute Gasteiger partial charge is 0.480 e. The molecule has 5 rings (SSSR count). The van der Waals surface area contributed by atoms with Crippen LogP contribution >= 0.6 is 11.3 Å². The second-order valence-corrected chi connectivity index (χ2v) is 10.2. The van der Waals surface area contributed by atoms with Crippen LogP contribution in [0.15, 0.2) is 52.3 Å². The van der Waals surface area contributed by atoms with Crippen LogP contribution in [0.3, 0.4) is 0 Å². The summed E-state index contributed by atoms with van der Waals surface area (Å²) >= 11 is 1.34. The molecule has 3 heterocycles. The lowest BCUT2D eigenvalue weighted by molar-refractivity contribution is -0.132. The van der Waals surface area contributed by atoms with Gasteiger partial charge in [0.15, 0.2) is 11.2 Å². The quantitative estimate of drug-likeness (QED) is 0.325. The van der Waals surface area contributed by atoms with Gasteiger partial charge in [0.2, 0.25) is 11.8 Å². The normalized spacial score (nSPS) is 15.2. The van der Waals surface area contributed by atoms with Crippen LogP contribution in [0, 0.1) is 6.92 Å². The van der Waals surface area contributed by atoms with E-state index in [4.69, 9.17) is 13.9 Å². The summed E-state index contributed by atoms with van der Waals surface area (Å²) in [6.45, 7) is 6.44. The number of benzene rings is 2. The molecular formula is C27H27N5O5S. The fourth-order valence-corrected chi connectivity index (χ4v) is 4.54. The molecule has 2 amide bonds. The number of nitrogens with one attached hydrogen (secondary N) is 1. The van der Waals surface area contributed by atoms with Crippen LogP contribution in [0.25, 0.3) is 11.5 Å². The summed E-state index contributed by atoms with van der Waals surface area (Å²) in [6, 6.07) is 12.1. The standard InChI is InChI=1S/C27H27N5O5S/c1-15(2)24-30-31-25(37-24)17-5-7-19(8-6-17)35-20-11-18(23(33)29-27-28-16(3)14-38-27)12-21(13-20)36-22-9-10-32(4)26(22)34/h5-8,11-15,22H,9-10H2,1-4H3,(H,28,29,33)/t22-/m1/s1. The molecule has 38 heavy (non-hydrogen) atoms. The number of aromatic nitrogens is 3. The Hall–Kier alpha value is -4.25. The van der Waals surface area contributed by atoms with Crippen molar-refractivity contribution >= 4 is 28.3 Å². The Morgan fingerprint density at radius 2 is 1.89 bits per heavy atom. The Kier molecular flexibility index (Phi) is 7.10. The molecular weight excluding hydrogens is 506 g/mol. The van der Waals surface area contributed by atoms with Gasteiger partial charge < -0.3 is 18.8 Å². The predicted molar refractivity (Wildman–Crippen MR) is 142 cm³/mol. The molecule has 1 N–H and O–H groups in total. The number of ether oxygens (including phenoxy) is 2. The highest BCUT2D eigenvalue weighted by atomic mass is 32.1. The van der Waals surface area contributed by atoms with E-state index in [0.717, 1.165) is 11.3 Å². The second-order valence-electron chi connectivity index (χ2n) is 9.32. The van der Waals surface area contributed by atoms with Crippen molar-refractivity contribution in [3.8, 4) is 28.7 Å². The molecule has 1 aliphatic rings. The van der Waals surface area contributed by atoms with E-state index >= 15 is 0 Å².